The molecule has 0 aromatic heterocycles. The van der Waals surface area contributed by atoms with Gasteiger partial charge >= 0.3 is 0 Å². The fourth-order valence-corrected chi connectivity index (χ4v) is 1.86. The Hall–Kier alpha value is -1.66. The van der Waals surface area contributed by atoms with Gasteiger partial charge < -0.3 is 14.8 Å². The summed E-state index contributed by atoms with van der Waals surface area (Å²) in [4.78, 5) is 10.3. The van der Waals surface area contributed by atoms with Gasteiger partial charge in [-0.05, 0) is 19.1 Å². The standard InChI is InChI=1S/C12H16N2O4/c1-9-6-10(2-3-12(9)14(15)16)13-7-11-8-17-4-5-18-11/h2-3,6,11,13H,4-5,7-8H2,1H3/t11-/m1/s1. The van der Waals surface area contributed by atoms with E-state index >= 15 is 0 Å². The second kappa shape index (κ2) is 5.79. The monoisotopic (exact) mass is 252 g/mol. The highest BCUT2D eigenvalue weighted by molar-refractivity contribution is 5.53. The second-order valence-electron chi connectivity index (χ2n) is 4.21. The van der Waals surface area contributed by atoms with Crippen molar-refractivity contribution in [3.63, 3.8) is 0 Å². The van der Waals surface area contributed by atoms with Crippen molar-refractivity contribution >= 4 is 11.4 Å². The highest BCUT2D eigenvalue weighted by Gasteiger charge is 2.14. The molecule has 0 amide bonds. The van der Waals surface area contributed by atoms with Crippen LogP contribution in [0.2, 0.25) is 0 Å². The van der Waals surface area contributed by atoms with E-state index in [0.29, 0.717) is 31.9 Å². The first-order chi connectivity index (χ1) is 8.66. The first-order valence-corrected chi connectivity index (χ1v) is 5.85. The van der Waals surface area contributed by atoms with Gasteiger partial charge in [-0.25, -0.2) is 0 Å². The van der Waals surface area contributed by atoms with Crippen LogP contribution < -0.4 is 5.32 Å². The molecule has 1 heterocycles. The van der Waals surface area contributed by atoms with Gasteiger partial charge in [-0.15, -0.1) is 0 Å². The van der Waals surface area contributed by atoms with Crippen LogP contribution in [0.4, 0.5) is 11.4 Å². The summed E-state index contributed by atoms with van der Waals surface area (Å²) in [6.45, 7) is 4.21. The van der Waals surface area contributed by atoms with Crippen LogP contribution in [0.15, 0.2) is 18.2 Å². The van der Waals surface area contributed by atoms with Crippen molar-refractivity contribution < 1.29 is 14.4 Å². The Morgan fingerprint density at radius 3 is 2.94 bits per heavy atom. The van der Waals surface area contributed by atoms with Gasteiger partial charge in [-0.1, -0.05) is 0 Å². The summed E-state index contributed by atoms with van der Waals surface area (Å²) in [6, 6.07) is 4.98. The largest absolute Gasteiger partial charge is 0.382 e. The minimum absolute atomic E-state index is 0.0363. The van der Waals surface area contributed by atoms with Gasteiger partial charge in [0.1, 0.15) is 0 Å². The number of benzene rings is 1. The molecule has 18 heavy (non-hydrogen) atoms. The molecule has 0 radical (unpaired) electrons. The number of nitrogens with one attached hydrogen (secondary N) is 1. The fourth-order valence-electron chi connectivity index (χ4n) is 1.86. The van der Waals surface area contributed by atoms with Crippen LogP contribution in [0.25, 0.3) is 0 Å². The Kier molecular flexibility index (Phi) is 4.11. The maximum Gasteiger partial charge on any atom is 0.272 e. The van der Waals surface area contributed by atoms with Gasteiger partial charge in [0.25, 0.3) is 5.69 Å². The number of nitro benzene ring substituents is 1. The van der Waals surface area contributed by atoms with Gasteiger partial charge in [-0.2, -0.15) is 0 Å². The molecule has 0 unspecified atom stereocenters. The first-order valence-electron chi connectivity index (χ1n) is 5.85. The predicted molar refractivity (Wildman–Crippen MR) is 66.9 cm³/mol. The van der Waals surface area contributed by atoms with Crippen LogP contribution in [0.3, 0.4) is 0 Å². The normalized spacial score (nSPS) is 19.5. The zero-order valence-corrected chi connectivity index (χ0v) is 10.2. The van der Waals surface area contributed by atoms with Gasteiger partial charge in [-0.3, -0.25) is 10.1 Å². The maximum absolute atomic E-state index is 10.7. The van der Waals surface area contributed by atoms with Crippen molar-refractivity contribution in [2.75, 3.05) is 31.7 Å². The van der Waals surface area contributed by atoms with Crippen molar-refractivity contribution in [3.05, 3.63) is 33.9 Å². The van der Waals surface area contributed by atoms with Crippen LogP contribution >= 0.6 is 0 Å². The lowest BCUT2D eigenvalue weighted by Gasteiger charge is -2.23. The molecule has 1 saturated heterocycles. The Bertz CT molecular complexity index is 430. The van der Waals surface area contributed by atoms with Crippen LogP contribution in [0.5, 0.6) is 0 Å². The van der Waals surface area contributed by atoms with E-state index in [-0.39, 0.29) is 16.7 Å². The number of anilines is 1. The molecule has 0 aliphatic carbocycles. The molecule has 0 bridgehead atoms. The van der Waals surface area contributed by atoms with E-state index < -0.39 is 0 Å². The van der Waals surface area contributed by atoms with Crippen molar-refractivity contribution in [2.45, 2.75) is 13.0 Å². The fraction of sp³-hybridized carbons (Fsp3) is 0.500. The number of rotatable bonds is 4. The molecular weight excluding hydrogens is 236 g/mol. The van der Waals surface area contributed by atoms with Crippen LogP contribution in [-0.4, -0.2) is 37.4 Å². The zero-order chi connectivity index (χ0) is 13.0. The lowest BCUT2D eigenvalue weighted by atomic mass is 10.2. The molecule has 1 aromatic carbocycles. The van der Waals surface area contributed by atoms with E-state index in [1.54, 1.807) is 19.1 Å². The molecule has 98 valence electrons. The Labute approximate surface area is 105 Å². The van der Waals surface area contributed by atoms with Crippen molar-refractivity contribution in [2.24, 2.45) is 0 Å². The van der Waals surface area contributed by atoms with Crippen LogP contribution in [0.1, 0.15) is 5.56 Å². The van der Waals surface area contributed by atoms with E-state index in [1.807, 2.05) is 0 Å². The highest BCUT2D eigenvalue weighted by atomic mass is 16.6. The van der Waals surface area contributed by atoms with Crippen LogP contribution in [0, 0.1) is 17.0 Å². The van der Waals surface area contributed by atoms with Gasteiger partial charge in [0.05, 0.1) is 30.8 Å². The highest BCUT2D eigenvalue weighted by Crippen LogP contribution is 2.21. The molecule has 1 aromatic rings. The molecule has 6 nitrogen and oxygen atoms in total. The number of hydrogen-bond donors (Lipinski definition) is 1. The summed E-state index contributed by atoms with van der Waals surface area (Å²) in [5.74, 6) is 0. The third-order valence-corrected chi connectivity index (χ3v) is 2.81. The topological polar surface area (TPSA) is 73.6 Å². The minimum Gasteiger partial charge on any atom is -0.382 e. The minimum atomic E-state index is -0.378. The summed E-state index contributed by atoms with van der Waals surface area (Å²) < 4.78 is 10.8. The van der Waals surface area contributed by atoms with E-state index in [0.717, 1.165) is 5.69 Å². The maximum atomic E-state index is 10.7. The molecular formula is C12H16N2O4. The van der Waals surface area contributed by atoms with Crippen molar-refractivity contribution in [1.82, 2.24) is 0 Å². The summed E-state index contributed by atoms with van der Waals surface area (Å²) in [5.41, 5.74) is 1.64. The quantitative estimate of drug-likeness (QED) is 0.652. The lowest BCUT2D eigenvalue weighted by molar-refractivity contribution is -0.385. The smallest absolute Gasteiger partial charge is 0.272 e. The van der Waals surface area contributed by atoms with Crippen molar-refractivity contribution in [3.8, 4) is 0 Å². The number of nitro groups is 1. The van der Waals surface area contributed by atoms with Gasteiger partial charge in [0.2, 0.25) is 0 Å². The average Bonchev–Trinajstić information content (AvgIpc) is 2.37. The molecule has 1 fully saturated rings. The number of ether oxygens (including phenoxy) is 2. The molecule has 6 heteroatoms. The number of nitrogens with zero attached hydrogens (tertiary/aromatic N) is 1. The molecule has 0 spiro atoms. The molecule has 0 saturated carbocycles. The zero-order valence-electron chi connectivity index (χ0n) is 10.2. The SMILES string of the molecule is Cc1cc(NC[C@@H]2COCCO2)ccc1[N+](=O)[O-]. The summed E-state index contributed by atoms with van der Waals surface area (Å²) in [7, 11) is 0. The Morgan fingerprint density at radius 1 is 1.50 bits per heavy atom. The van der Waals surface area contributed by atoms with Crippen LogP contribution in [-0.2, 0) is 9.47 Å². The number of hydrogen-bond acceptors (Lipinski definition) is 5. The summed E-state index contributed by atoms with van der Waals surface area (Å²) in [5, 5.41) is 13.9. The molecule has 2 rings (SSSR count). The molecule has 1 N–H and O–H groups in total. The summed E-state index contributed by atoms with van der Waals surface area (Å²) >= 11 is 0. The third-order valence-electron chi connectivity index (χ3n) is 2.81. The first kappa shape index (κ1) is 12.8. The molecule has 1 aliphatic rings. The van der Waals surface area contributed by atoms with E-state index in [1.165, 1.54) is 6.07 Å². The lowest BCUT2D eigenvalue weighted by Crippen LogP contribution is -2.34. The van der Waals surface area contributed by atoms with E-state index in [9.17, 15) is 10.1 Å². The Balaban J connectivity index is 1.93. The number of aryl methyl sites for hydroxylation is 1. The molecule has 1 aliphatic heterocycles. The van der Waals surface area contributed by atoms with E-state index in [2.05, 4.69) is 5.32 Å². The van der Waals surface area contributed by atoms with E-state index in [4.69, 9.17) is 9.47 Å². The Morgan fingerprint density at radius 2 is 2.33 bits per heavy atom. The second-order valence-corrected chi connectivity index (χ2v) is 4.21. The van der Waals surface area contributed by atoms with Crippen molar-refractivity contribution in [1.29, 1.82) is 0 Å². The predicted octanol–water partition coefficient (Wildman–Crippen LogP) is 1.73. The third kappa shape index (κ3) is 3.18. The average molecular weight is 252 g/mol. The van der Waals surface area contributed by atoms with Gasteiger partial charge in [0, 0.05) is 23.9 Å². The molecule has 1 atom stereocenters. The summed E-state index contributed by atoms with van der Waals surface area (Å²) in [6.07, 6.45) is 0.0363. The van der Waals surface area contributed by atoms with Gasteiger partial charge in [0.15, 0.2) is 0 Å².